The van der Waals surface area contributed by atoms with Crippen LogP contribution >= 0.6 is 0 Å². The van der Waals surface area contributed by atoms with Gasteiger partial charge in [-0.1, -0.05) is 43.7 Å². The molecule has 1 aliphatic rings. The van der Waals surface area contributed by atoms with Crippen LogP contribution in [-0.4, -0.2) is 32.0 Å². The molecule has 1 heterocycles. The van der Waals surface area contributed by atoms with E-state index >= 15 is 0 Å². The van der Waals surface area contributed by atoms with E-state index in [1.807, 2.05) is 56.1 Å². The van der Waals surface area contributed by atoms with Crippen molar-refractivity contribution in [2.75, 3.05) is 26.0 Å². The fourth-order valence-corrected chi connectivity index (χ4v) is 2.66. The molecule has 1 aliphatic heterocycles. The summed E-state index contributed by atoms with van der Waals surface area (Å²) in [5.74, 6) is 0.624. The highest BCUT2D eigenvalue weighted by atomic mass is 16.2. The third-order valence-electron chi connectivity index (χ3n) is 3.94. The Hall–Kier alpha value is -2.13. The molecule has 0 radical (unpaired) electrons. The van der Waals surface area contributed by atoms with E-state index in [1.165, 1.54) is 5.56 Å². The van der Waals surface area contributed by atoms with Gasteiger partial charge in [0.2, 0.25) is 0 Å². The predicted octanol–water partition coefficient (Wildman–Crippen LogP) is 4.46. The minimum Gasteiger partial charge on any atom is -0.312 e. The van der Waals surface area contributed by atoms with Crippen LogP contribution in [0.4, 0.5) is 5.69 Å². The Labute approximate surface area is 145 Å². The number of carbonyl (C=O) groups is 1. The SMILES string of the molecule is CN(C)C.Cc1ccc2c(c1)C(=O)N(c1ccc(C(C)C)cc1)C2. The van der Waals surface area contributed by atoms with Gasteiger partial charge in [-0.3, -0.25) is 4.79 Å². The van der Waals surface area contributed by atoms with Crippen molar-refractivity contribution in [1.29, 1.82) is 0 Å². The summed E-state index contributed by atoms with van der Waals surface area (Å²) in [6.45, 7) is 7.05. The molecule has 0 saturated heterocycles. The van der Waals surface area contributed by atoms with Crippen LogP contribution in [0.1, 0.15) is 46.8 Å². The van der Waals surface area contributed by atoms with E-state index in [2.05, 4.69) is 38.1 Å². The first-order valence-electron chi connectivity index (χ1n) is 8.42. The smallest absolute Gasteiger partial charge is 0.258 e. The van der Waals surface area contributed by atoms with Crippen molar-refractivity contribution >= 4 is 11.6 Å². The van der Waals surface area contributed by atoms with Crippen LogP contribution in [0.5, 0.6) is 0 Å². The molecular formula is C21H28N2O. The molecule has 24 heavy (non-hydrogen) atoms. The van der Waals surface area contributed by atoms with Crippen LogP contribution < -0.4 is 4.90 Å². The van der Waals surface area contributed by atoms with Crippen LogP contribution in [0, 0.1) is 6.92 Å². The molecule has 3 nitrogen and oxygen atoms in total. The molecule has 2 aromatic carbocycles. The zero-order valence-electron chi connectivity index (χ0n) is 15.6. The van der Waals surface area contributed by atoms with E-state index in [4.69, 9.17) is 0 Å². The normalized spacial score (nSPS) is 13.2. The summed E-state index contributed by atoms with van der Waals surface area (Å²) in [6, 6.07) is 14.4. The highest BCUT2D eigenvalue weighted by Crippen LogP contribution is 2.29. The van der Waals surface area contributed by atoms with Gasteiger partial charge >= 0.3 is 0 Å². The van der Waals surface area contributed by atoms with Crippen molar-refractivity contribution in [2.24, 2.45) is 0 Å². The third-order valence-corrected chi connectivity index (χ3v) is 3.94. The number of fused-ring (bicyclic) bond motifs is 1. The maximum absolute atomic E-state index is 12.5. The molecule has 0 aliphatic carbocycles. The Morgan fingerprint density at radius 3 is 2.12 bits per heavy atom. The van der Waals surface area contributed by atoms with E-state index in [-0.39, 0.29) is 5.91 Å². The van der Waals surface area contributed by atoms with Crippen molar-refractivity contribution in [1.82, 2.24) is 4.90 Å². The Morgan fingerprint density at radius 2 is 1.58 bits per heavy atom. The summed E-state index contributed by atoms with van der Waals surface area (Å²) in [5.41, 5.74) is 5.38. The molecule has 3 heteroatoms. The van der Waals surface area contributed by atoms with Crippen molar-refractivity contribution in [3.63, 3.8) is 0 Å². The van der Waals surface area contributed by atoms with Gasteiger partial charge in [-0.2, -0.15) is 0 Å². The molecule has 1 amide bonds. The largest absolute Gasteiger partial charge is 0.312 e. The predicted molar refractivity (Wildman–Crippen MR) is 102 cm³/mol. The number of rotatable bonds is 2. The minimum atomic E-state index is 0.112. The number of hydrogen-bond donors (Lipinski definition) is 0. The van der Waals surface area contributed by atoms with Gasteiger partial charge in [-0.05, 0) is 63.3 Å². The van der Waals surface area contributed by atoms with Crippen molar-refractivity contribution < 1.29 is 4.79 Å². The van der Waals surface area contributed by atoms with Crippen LogP contribution in [-0.2, 0) is 6.54 Å². The van der Waals surface area contributed by atoms with Gasteiger partial charge in [0.1, 0.15) is 0 Å². The summed E-state index contributed by atoms with van der Waals surface area (Å²) in [6.07, 6.45) is 0. The average molecular weight is 324 g/mol. The lowest BCUT2D eigenvalue weighted by atomic mass is 10.0. The van der Waals surface area contributed by atoms with E-state index in [1.54, 1.807) is 0 Å². The number of aryl methyl sites for hydroxylation is 1. The van der Waals surface area contributed by atoms with Crippen LogP contribution in [0.25, 0.3) is 0 Å². The number of amides is 1. The molecule has 0 spiro atoms. The molecule has 0 fully saturated rings. The lowest BCUT2D eigenvalue weighted by molar-refractivity contribution is 0.0996. The molecule has 0 aromatic heterocycles. The summed E-state index contributed by atoms with van der Waals surface area (Å²) in [7, 11) is 6.00. The minimum absolute atomic E-state index is 0.112. The van der Waals surface area contributed by atoms with Crippen LogP contribution in [0.2, 0.25) is 0 Å². The van der Waals surface area contributed by atoms with Gasteiger partial charge in [0, 0.05) is 11.3 Å². The number of anilines is 1. The molecular weight excluding hydrogens is 296 g/mol. The molecule has 0 unspecified atom stereocenters. The second kappa shape index (κ2) is 7.63. The van der Waals surface area contributed by atoms with Gasteiger partial charge in [-0.25, -0.2) is 0 Å². The van der Waals surface area contributed by atoms with E-state index in [0.29, 0.717) is 12.5 Å². The van der Waals surface area contributed by atoms with Crippen LogP contribution in [0.15, 0.2) is 42.5 Å². The monoisotopic (exact) mass is 324 g/mol. The van der Waals surface area contributed by atoms with Crippen molar-refractivity contribution in [2.45, 2.75) is 33.2 Å². The molecule has 3 rings (SSSR count). The molecule has 0 bridgehead atoms. The Morgan fingerprint density at radius 1 is 1.00 bits per heavy atom. The molecule has 128 valence electrons. The Bertz CT molecular complexity index is 700. The second-order valence-corrected chi connectivity index (χ2v) is 7.14. The van der Waals surface area contributed by atoms with Gasteiger partial charge < -0.3 is 9.80 Å². The van der Waals surface area contributed by atoms with Crippen molar-refractivity contribution in [3.8, 4) is 0 Å². The van der Waals surface area contributed by atoms with E-state index < -0.39 is 0 Å². The molecule has 0 N–H and O–H groups in total. The Balaban J connectivity index is 0.000000471. The number of carbonyl (C=O) groups excluding carboxylic acids is 1. The maximum Gasteiger partial charge on any atom is 0.258 e. The Kier molecular flexibility index (Phi) is 5.79. The number of hydrogen-bond acceptors (Lipinski definition) is 2. The van der Waals surface area contributed by atoms with Gasteiger partial charge in [0.15, 0.2) is 0 Å². The first kappa shape index (κ1) is 18.2. The lowest BCUT2D eigenvalue weighted by Crippen LogP contribution is -2.22. The zero-order chi connectivity index (χ0) is 17.9. The summed E-state index contributed by atoms with van der Waals surface area (Å²) < 4.78 is 0. The average Bonchev–Trinajstić information content (AvgIpc) is 2.84. The summed E-state index contributed by atoms with van der Waals surface area (Å²) in [5, 5.41) is 0. The quantitative estimate of drug-likeness (QED) is 0.814. The fraction of sp³-hybridized carbons (Fsp3) is 0.381. The molecule has 2 aromatic rings. The standard InChI is InChI=1S/C18H19NO.C3H9N/c1-12(2)14-6-8-16(9-7-14)19-11-15-5-4-13(3)10-17(15)18(19)20;1-4(2)3/h4-10,12H,11H2,1-3H3;1-3H3. The number of benzene rings is 2. The lowest BCUT2D eigenvalue weighted by Gasteiger charge is -2.16. The van der Waals surface area contributed by atoms with E-state index in [9.17, 15) is 4.79 Å². The topological polar surface area (TPSA) is 23.6 Å². The van der Waals surface area contributed by atoms with Gasteiger partial charge in [-0.15, -0.1) is 0 Å². The highest BCUT2D eigenvalue weighted by molar-refractivity contribution is 6.10. The van der Waals surface area contributed by atoms with E-state index in [0.717, 1.165) is 22.4 Å². The zero-order valence-corrected chi connectivity index (χ0v) is 15.6. The first-order chi connectivity index (χ1) is 11.3. The summed E-state index contributed by atoms with van der Waals surface area (Å²) in [4.78, 5) is 16.3. The molecule has 0 atom stereocenters. The third kappa shape index (κ3) is 4.24. The summed E-state index contributed by atoms with van der Waals surface area (Å²) >= 11 is 0. The number of nitrogens with zero attached hydrogens (tertiary/aromatic N) is 2. The van der Waals surface area contributed by atoms with Crippen molar-refractivity contribution in [3.05, 3.63) is 64.7 Å². The van der Waals surface area contributed by atoms with Gasteiger partial charge in [0.25, 0.3) is 5.91 Å². The fourth-order valence-electron chi connectivity index (χ4n) is 2.66. The van der Waals surface area contributed by atoms with Gasteiger partial charge in [0.05, 0.1) is 6.54 Å². The van der Waals surface area contributed by atoms with Crippen LogP contribution in [0.3, 0.4) is 0 Å². The second-order valence-electron chi connectivity index (χ2n) is 7.14. The maximum atomic E-state index is 12.5. The highest BCUT2D eigenvalue weighted by Gasteiger charge is 2.28. The first-order valence-corrected chi connectivity index (χ1v) is 8.42. The molecule has 0 saturated carbocycles.